The van der Waals surface area contributed by atoms with E-state index in [1.165, 1.54) is 0 Å². The first-order valence-electron chi connectivity index (χ1n) is 9.59. The van der Waals surface area contributed by atoms with Gasteiger partial charge in [-0.1, -0.05) is 0 Å². The second kappa shape index (κ2) is 9.82. The molecule has 1 heterocycles. The number of hydrogen-bond acceptors (Lipinski definition) is 6. The molecule has 0 saturated heterocycles. The molecular weight excluding hydrogens is 493 g/mol. The van der Waals surface area contributed by atoms with Crippen LogP contribution in [0.3, 0.4) is 0 Å². The fraction of sp³-hybridized carbons (Fsp3) is 0.238. The average Bonchev–Trinajstić information content (AvgIpc) is 3.09. The number of aliphatic hydroxyl groups excluding tert-OH is 1. The Kier molecular flexibility index (Phi) is 7.24. The maximum Gasteiger partial charge on any atom is 0.416 e. The molecule has 3 rings (SSSR count). The number of amides is 1. The van der Waals surface area contributed by atoms with E-state index in [0.29, 0.717) is 6.07 Å². The van der Waals surface area contributed by atoms with Gasteiger partial charge in [0.2, 0.25) is 5.82 Å². The highest BCUT2D eigenvalue weighted by Crippen LogP contribution is 2.40. The van der Waals surface area contributed by atoms with E-state index in [0.717, 1.165) is 18.1 Å². The van der Waals surface area contributed by atoms with Crippen LogP contribution in [0, 0.1) is 23.3 Å². The number of rotatable bonds is 7. The van der Waals surface area contributed by atoms with Gasteiger partial charge < -0.3 is 24.8 Å². The van der Waals surface area contributed by atoms with Gasteiger partial charge in [0.1, 0.15) is 5.70 Å². The lowest BCUT2D eigenvalue weighted by Gasteiger charge is -2.17. The van der Waals surface area contributed by atoms with E-state index in [9.17, 15) is 40.3 Å². The van der Waals surface area contributed by atoms with Gasteiger partial charge in [0, 0.05) is 6.54 Å². The van der Waals surface area contributed by atoms with Gasteiger partial charge in [0.05, 0.1) is 37.1 Å². The van der Waals surface area contributed by atoms with Gasteiger partial charge in [-0.2, -0.15) is 17.6 Å². The molecule has 35 heavy (non-hydrogen) atoms. The second-order valence-corrected chi connectivity index (χ2v) is 7.03. The first kappa shape index (κ1) is 25.8. The van der Waals surface area contributed by atoms with Crippen LogP contribution in [0.2, 0.25) is 0 Å². The Morgan fingerprint density at radius 2 is 1.71 bits per heavy atom. The third-order valence-corrected chi connectivity index (χ3v) is 4.79. The van der Waals surface area contributed by atoms with E-state index in [1.54, 1.807) is 0 Å². The molecule has 0 fully saturated rings. The molecule has 2 aromatic carbocycles. The van der Waals surface area contributed by atoms with E-state index in [4.69, 9.17) is 9.84 Å². The van der Waals surface area contributed by atoms with Crippen LogP contribution in [0.1, 0.15) is 5.56 Å². The molecule has 0 bridgehead atoms. The number of benzene rings is 2. The summed E-state index contributed by atoms with van der Waals surface area (Å²) >= 11 is 0. The Morgan fingerprint density at radius 1 is 1.09 bits per heavy atom. The molecule has 0 saturated carbocycles. The summed E-state index contributed by atoms with van der Waals surface area (Å²) in [7, 11) is 1.01. The lowest BCUT2D eigenvalue weighted by Crippen LogP contribution is -2.31. The average molecular weight is 508 g/mol. The molecule has 1 aliphatic heterocycles. The summed E-state index contributed by atoms with van der Waals surface area (Å²) in [5.74, 6) is -11.6. The number of esters is 1. The van der Waals surface area contributed by atoms with Crippen LogP contribution in [-0.2, 0) is 20.5 Å². The van der Waals surface area contributed by atoms with Crippen molar-refractivity contribution in [3.63, 3.8) is 0 Å². The highest BCUT2D eigenvalue weighted by Gasteiger charge is 2.36. The van der Waals surface area contributed by atoms with Crippen molar-refractivity contribution in [1.82, 2.24) is 4.90 Å². The van der Waals surface area contributed by atoms with Gasteiger partial charge in [-0.25, -0.2) is 18.0 Å². The van der Waals surface area contributed by atoms with Crippen molar-refractivity contribution < 1.29 is 54.9 Å². The van der Waals surface area contributed by atoms with Crippen molar-refractivity contribution >= 4 is 17.6 Å². The SMILES string of the molecule is COC(=O)C1=C(Nc2ccc(F)c(F)c2Oc2c(F)cc(C(F)(F)F)cc2F)C(=O)N(CCO)C1. The Balaban J connectivity index is 2.07. The number of carbonyl (C=O) groups is 2. The van der Waals surface area contributed by atoms with E-state index in [2.05, 4.69) is 10.1 Å². The van der Waals surface area contributed by atoms with Crippen LogP contribution in [0.15, 0.2) is 35.5 Å². The number of aliphatic hydroxyl groups is 1. The standard InChI is InChI=1S/C21H15F7N2O5/c1-34-20(33)10-8-30(4-5-31)19(32)16(10)29-14-3-2-11(22)15(25)18(14)35-17-12(23)6-9(7-13(17)24)21(26,27)28/h2-3,6-7,29,31H,4-5,8H2,1H3. The highest BCUT2D eigenvalue weighted by atomic mass is 19.4. The molecule has 0 unspecified atom stereocenters. The maximum absolute atomic E-state index is 14.6. The first-order valence-corrected chi connectivity index (χ1v) is 9.59. The van der Waals surface area contributed by atoms with Crippen LogP contribution < -0.4 is 10.1 Å². The number of carbonyl (C=O) groups excluding carboxylic acids is 2. The summed E-state index contributed by atoms with van der Waals surface area (Å²) in [6, 6.07) is 1.16. The molecule has 2 aromatic rings. The summed E-state index contributed by atoms with van der Waals surface area (Å²) in [6.45, 7) is -0.996. The van der Waals surface area contributed by atoms with E-state index in [1.807, 2.05) is 0 Å². The largest absolute Gasteiger partial charge is 0.466 e. The maximum atomic E-state index is 14.6. The fourth-order valence-electron chi connectivity index (χ4n) is 3.14. The molecular formula is C21H15F7N2O5. The summed E-state index contributed by atoms with van der Waals surface area (Å²) in [6.07, 6.45) is -5.10. The Morgan fingerprint density at radius 3 is 2.26 bits per heavy atom. The first-order chi connectivity index (χ1) is 16.4. The summed E-state index contributed by atoms with van der Waals surface area (Å²) < 4.78 is 105. The van der Waals surface area contributed by atoms with Crippen molar-refractivity contribution in [3.05, 3.63) is 64.4 Å². The van der Waals surface area contributed by atoms with Crippen LogP contribution in [0.25, 0.3) is 0 Å². The molecule has 0 aromatic heterocycles. The molecule has 188 valence electrons. The van der Waals surface area contributed by atoms with Crippen molar-refractivity contribution in [2.24, 2.45) is 0 Å². The number of methoxy groups -OCH3 is 1. The summed E-state index contributed by atoms with van der Waals surface area (Å²) in [5, 5.41) is 11.4. The molecule has 0 aliphatic carbocycles. The van der Waals surface area contributed by atoms with Gasteiger partial charge in [0.25, 0.3) is 5.91 Å². The van der Waals surface area contributed by atoms with Crippen LogP contribution in [0.5, 0.6) is 11.5 Å². The van der Waals surface area contributed by atoms with E-state index < -0.39 is 76.4 Å². The third-order valence-electron chi connectivity index (χ3n) is 4.79. The van der Waals surface area contributed by atoms with Crippen LogP contribution >= 0.6 is 0 Å². The third kappa shape index (κ3) is 5.16. The smallest absolute Gasteiger partial charge is 0.416 e. The van der Waals surface area contributed by atoms with Crippen molar-refractivity contribution in [1.29, 1.82) is 0 Å². The number of halogens is 7. The number of hydrogen-bond donors (Lipinski definition) is 2. The quantitative estimate of drug-likeness (QED) is 0.438. The van der Waals surface area contributed by atoms with Gasteiger partial charge in [-0.05, 0) is 24.3 Å². The van der Waals surface area contributed by atoms with Gasteiger partial charge in [0.15, 0.2) is 29.0 Å². The lowest BCUT2D eigenvalue weighted by molar-refractivity contribution is -0.138. The zero-order valence-corrected chi connectivity index (χ0v) is 17.6. The van der Waals surface area contributed by atoms with Gasteiger partial charge in [-0.3, -0.25) is 4.79 Å². The second-order valence-electron chi connectivity index (χ2n) is 7.03. The minimum atomic E-state index is -5.10. The molecule has 1 amide bonds. The number of β-amino-alcohol motifs (C(OH)–C–C–N with tert-alkyl or cyclic N) is 1. The molecule has 0 atom stereocenters. The number of nitrogens with zero attached hydrogens (tertiary/aromatic N) is 1. The highest BCUT2D eigenvalue weighted by molar-refractivity contribution is 6.08. The molecule has 2 N–H and O–H groups in total. The van der Waals surface area contributed by atoms with Crippen LogP contribution in [-0.4, -0.2) is 48.7 Å². The molecule has 7 nitrogen and oxygen atoms in total. The minimum Gasteiger partial charge on any atom is -0.466 e. The van der Waals surface area contributed by atoms with Gasteiger partial charge >= 0.3 is 12.1 Å². The number of alkyl halides is 3. The fourth-order valence-corrected chi connectivity index (χ4v) is 3.14. The van der Waals surface area contributed by atoms with Crippen molar-refractivity contribution in [2.75, 3.05) is 32.1 Å². The zero-order chi connectivity index (χ0) is 26.1. The lowest BCUT2D eigenvalue weighted by atomic mass is 10.2. The minimum absolute atomic E-state index is 0.103. The molecule has 14 heteroatoms. The van der Waals surface area contributed by atoms with E-state index in [-0.39, 0.29) is 30.8 Å². The molecule has 0 radical (unpaired) electrons. The van der Waals surface area contributed by atoms with Crippen molar-refractivity contribution in [3.8, 4) is 11.5 Å². The predicted octanol–water partition coefficient (Wildman–Crippen LogP) is 3.73. The van der Waals surface area contributed by atoms with Gasteiger partial charge in [-0.15, -0.1) is 0 Å². The van der Waals surface area contributed by atoms with E-state index >= 15 is 0 Å². The number of ether oxygens (including phenoxy) is 2. The summed E-state index contributed by atoms with van der Waals surface area (Å²) in [4.78, 5) is 25.8. The molecule has 1 aliphatic rings. The Bertz CT molecular complexity index is 1190. The predicted molar refractivity (Wildman–Crippen MR) is 104 cm³/mol. The topological polar surface area (TPSA) is 88.1 Å². The zero-order valence-electron chi connectivity index (χ0n) is 17.6. The Labute approximate surface area is 192 Å². The molecule has 0 spiro atoms. The number of anilines is 1. The van der Waals surface area contributed by atoms with Crippen LogP contribution in [0.4, 0.5) is 36.4 Å². The van der Waals surface area contributed by atoms with Crippen molar-refractivity contribution in [2.45, 2.75) is 6.18 Å². The number of nitrogens with one attached hydrogen (secondary N) is 1. The normalized spacial score (nSPS) is 14.0. The Hall–Kier alpha value is -3.81. The monoisotopic (exact) mass is 508 g/mol. The summed E-state index contributed by atoms with van der Waals surface area (Å²) in [5.41, 5.74) is -3.05.